The van der Waals surface area contributed by atoms with Gasteiger partial charge in [-0.2, -0.15) is 4.31 Å². The van der Waals surface area contributed by atoms with Gasteiger partial charge in [-0.05, 0) is 36.8 Å². The molecule has 1 saturated heterocycles. The first-order valence-electron chi connectivity index (χ1n) is 9.30. The molecule has 2 aromatic carbocycles. The molecule has 2 heterocycles. The zero-order chi connectivity index (χ0) is 20.6. The van der Waals surface area contributed by atoms with Crippen molar-refractivity contribution >= 4 is 15.9 Å². The van der Waals surface area contributed by atoms with Gasteiger partial charge in [0.25, 0.3) is 5.91 Å². The lowest BCUT2D eigenvalue weighted by Crippen LogP contribution is -2.55. The normalized spacial score (nSPS) is 19.8. The van der Waals surface area contributed by atoms with Crippen molar-refractivity contribution in [3.8, 4) is 11.5 Å². The van der Waals surface area contributed by atoms with Crippen LogP contribution in [0.25, 0.3) is 0 Å². The summed E-state index contributed by atoms with van der Waals surface area (Å²) in [4.78, 5) is 14.3. The summed E-state index contributed by atoms with van der Waals surface area (Å²) in [5.74, 6) is 0.272. The average molecular weight is 420 g/mol. The maximum atomic E-state index is 13.6. The molecule has 0 saturated carbocycles. The molecule has 0 bridgehead atoms. The maximum absolute atomic E-state index is 13.6. The number of para-hydroxylation sites is 2. The first-order valence-corrected chi connectivity index (χ1v) is 10.7. The minimum absolute atomic E-state index is 0.0436. The van der Waals surface area contributed by atoms with Gasteiger partial charge in [0.2, 0.25) is 16.1 Å². The topological polar surface area (TPSA) is 76.2 Å². The van der Waals surface area contributed by atoms with E-state index >= 15 is 0 Å². The van der Waals surface area contributed by atoms with Crippen molar-refractivity contribution in [2.45, 2.75) is 17.9 Å². The number of halogens is 1. The fourth-order valence-corrected chi connectivity index (χ4v) is 5.14. The Morgan fingerprint density at radius 1 is 1.07 bits per heavy atom. The van der Waals surface area contributed by atoms with Crippen LogP contribution in [0.3, 0.4) is 0 Å². The van der Waals surface area contributed by atoms with Crippen molar-refractivity contribution in [3.05, 3.63) is 53.8 Å². The molecule has 1 unspecified atom stereocenters. The summed E-state index contributed by atoms with van der Waals surface area (Å²) in [7, 11) is -3.83. The second-order valence-electron chi connectivity index (χ2n) is 7.00. The van der Waals surface area contributed by atoms with E-state index in [4.69, 9.17) is 9.47 Å². The van der Waals surface area contributed by atoms with Crippen LogP contribution in [0.1, 0.15) is 5.56 Å². The number of aryl methyl sites for hydroxylation is 1. The predicted octanol–water partition coefficient (Wildman–Crippen LogP) is 1.81. The van der Waals surface area contributed by atoms with E-state index in [0.29, 0.717) is 17.1 Å². The first kappa shape index (κ1) is 19.7. The van der Waals surface area contributed by atoms with E-state index < -0.39 is 21.9 Å². The van der Waals surface area contributed by atoms with Crippen LogP contribution in [-0.4, -0.2) is 62.4 Å². The number of hydrogen-bond donors (Lipinski definition) is 0. The third-order valence-electron chi connectivity index (χ3n) is 5.10. The van der Waals surface area contributed by atoms with Crippen LogP contribution in [-0.2, 0) is 14.8 Å². The molecular weight excluding hydrogens is 399 g/mol. The summed E-state index contributed by atoms with van der Waals surface area (Å²) >= 11 is 0. The second kappa shape index (κ2) is 7.64. The Bertz CT molecular complexity index is 1030. The van der Waals surface area contributed by atoms with Gasteiger partial charge in [-0.25, -0.2) is 12.8 Å². The highest BCUT2D eigenvalue weighted by atomic mass is 32.2. The van der Waals surface area contributed by atoms with Gasteiger partial charge in [0.15, 0.2) is 11.5 Å². The number of carbonyl (C=O) groups is 1. The highest BCUT2D eigenvalue weighted by molar-refractivity contribution is 7.89. The molecule has 2 aromatic rings. The Morgan fingerprint density at radius 3 is 2.48 bits per heavy atom. The lowest BCUT2D eigenvalue weighted by molar-refractivity contribution is -0.142. The molecule has 0 N–H and O–H groups in total. The number of sulfonamides is 1. The van der Waals surface area contributed by atoms with Crippen LogP contribution < -0.4 is 9.47 Å². The van der Waals surface area contributed by atoms with E-state index in [-0.39, 0.29) is 43.6 Å². The van der Waals surface area contributed by atoms with Gasteiger partial charge in [0.05, 0.1) is 4.90 Å². The SMILES string of the molecule is Cc1ccc(F)cc1S(=O)(=O)N1CCN(C(=O)C2COc3ccccc3O2)CC1. The summed E-state index contributed by atoms with van der Waals surface area (Å²) < 4.78 is 52.0. The van der Waals surface area contributed by atoms with Crippen LogP contribution in [0.5, 0.6) is 11.5 Å². The van der Waals surface area contributed by atoms with E-state index in [1.54, 1.807) is 30.0 Å². The minimum Gasteiger partial charge on any atom is -0.485 e. The van der Waals surface area contributed by atoms with Crippen LogP contribution in [0.4, 0.5) is 4.39 Å². The Hall–Kier alpha value is -2.65. The molecule has 0 aliphatic carbocycles. The smallest absolute Gasteiger partial charge is 0.267 e. The number of fused-ring (bicyclic) bond motifs is 1. The fraction of sp³-hybridized carbons (Fsp3) is 0.350. The highest BCUT2D eigenvalue weighted by Crippen LogP contribution is 2.31. The van der Waals surface area contributed by atoms with Crippen molar-refractivity contribution in [1.82, 2.24) is 9.21 Å². The second-order valence-corrected chi connectivity index (χ2v) is 8.91. The Morgan fingerprint density at radius 2 is 1.76 bits per heavy atom. The number of benzene rings is 2. The zero-order valence-electron chi connectivity index (χ0n) is 15.9. The van der Waals surface area contributed by atoms with Crippen molar-refractivity contribution in [2.75, 3.05) is 32.8 Å². The highest BCUT2D eigenvalue weighted by Gasteiger charge is 2.35. The summed E-state index contributed by atoms with van der Waals surface area (Å²) in [6, 6.07) is 10.8. The van der Waals surface area contributed by atoms with Gasteiger partial charge in [-0.15, -0.1) is 0 Å². The largest absolute Gasteiger partial charge is 0.485 e. The fourth-order valence-electron chi connectivity index (χ4n) is 3.48. The number of amides is 1. The van der Waals surface area contributed by atoms with E-state index in [9.17, 15) is 17.6 Å². The minimum atomic E-state index is -3.83. The molecule has 0 aromatic heterocycles. The molecule has 4 rings (SSSR count). The van der Waals surface area contributed by atoms with E-state index in [0.717, 1.165) is 6.07 Å². The molecule has 0 radical (unpaired) electrons. The molecule has 1 amide bonds. The number of hydrogen-bond acceptors (Lipinski definition) is 5. The van der Waals surface area contributed by atoms with Crippen LogP contribution in [0.2, 0.25) is 0 Å². The third kappa shape index (κ3) is 3.79. The molecule has 154 valence electrons. The maximum Gasteiger partial charge on any atom is 0.267 e. The van der Waals surface area contributed by atoms with Crippen molar-refractivity contribution in [3.63, 3.8) is 0 Å². The summed E-state index contributed by atoms with van der Waals surface area (Å²) in [5, 5.41) is 0. The number of ether oxygens (including phenoxy) is 2. The molecule has 1 fully saturated rings. The van der Waals surface area contributed by atoms with Crippen molar-refractivity contribution in [2.24, 2.45) is 0 Å². The van der Waals surface area contributed by atoms with E-state index in [1.807, 2.05) is 6.07 Å². The molecule has 0 spiro atoms. The monoisotopic (exact) mass is 420 g/mol. The Kier molecular flexibility index (Phi) is 5.18. The van der Waals surface area contributed by atoms with Crippen LogP contribution in [0, 0.1) is 12.7 Å². The first-order chi connectivity index (χ1) is 13.9. The summed E-state index contributed by atoms with van der Waals surface area (Å²) in [6.45, 7) is 2.46. The predicted molar refractivity (Wildman–Crippen MR) is 103 cm³/mol. The molecule has 29 heavy (non-hydrogen) atoms. The van der Waals surface area contributed by atoms with Gasteiger partial charge < -0.3 is 14.4 Å². The summed E-state index contributed by atoms with van der Waals surface area (Å²) in [5.41, 5.74) is 0.483. The molecule has 2 aliphatic heterocycles. The van der Waals surface area contributed by atoms with Gasteiger partial charge in [-0.1, -0.05) is 18.2 Å². The van der Waals surface area contributed by atoms with Gasteiger partial charge >= 0.3 is 0 Å². The zero-order valence-corrected chi connectivity index (χ0v) is 16.7. The number of piperazine rings is 1. The van der Waals surface area contributed by atoms with Gasteiger partial charge in [0.1, 0.15) is 12.4 Å². The number of rotatable bonds is 3. The molecule has 7 nitrogen and oxygen atoms in total. The van der Waals surface area contributed by atoms with E-state index in [1.165, 1.54) is 16.4 Å². The third-order valence-corrected chi connectivity index (χ3v) is 7.14. The Labute approximate surface area is 168 Å². The van der Waals surface area contributed by atoms with E-state index in [2.05, 4.69) is 0 Å². The Balaban J connectivity index is 1.42. The van der Waals surface area contributed by atoms with Gasteiger partial charge in [0, 0.05) is 26.2 Å². The molecule has 2 aliphatic rings. The standard InChI is InChI=1S/C20H21FN2O5S/c1-14-6-7-15(21)12-19(14)29(25,26)23-10-8-22(9-11-23)20(24)18-13-27-16-4-2-3-5-17(16)28-18/h2-7,12,18H,8-11,13H2,1H3. The average Bonchev–Trinajstić information content (AvgIpc) is 2.74. The quantitative estimate of drug-likeness (QED) is 0.757. The van der Waals surface area contributed by atoms with Crippen molar-refractivity contribution < 1.29 is 27.1 Å². The molecule has 9 heteroatoms. The number of carbonyl (C=O) groups excluding carboxylic acids is 1. The van der Waals surface area contributed by atoms with Crippen LogP contribution in [0.15, 0.2) is 47.4 Å². The van der Waals surface area contributed by atoms with Crippen LogP contribution >= 0.6 is 0 Å². The van der Waals surface area contributed by atoms with Crippen molar-refractivity contribution in [1.29, 1.82) is 0 Å². The molecule has 1 atom stereocenters. The lowest BCUT2D eigenvalue weighted by Gasteiger charge is -2.36. The summed E-state index contributed by atoms with van der Waals surface area (Å²) in [6.07, 6.45) is -0.765. The lowest BCUT2D eigenvalue weighted by atomic mass is 10.2. The number of nitrogens with zero attached hydrogens (tertiary/aromatic N) is 2. The molecular formula is C20H21FN2O5S. The van der Waals surface area contributed by atoms with Gasteiger partial charge in [-0.3, -0.25) is 4.79 Å².